The van der Waals surface area contributed by atoms with Gasteiger partial charge in [-0.2, -0.15) is 0 Å². The Hall–Kier alpha value is -1.22. The third kappa shape index (κ3) is 2.64. The Morgan fingerprint density at radius 3 is 2.86 bits per heavy atom. The van der Waals surface area contributed by atoms with Gasteiger partial charge in [-0.25, -0.2) is 0 Å². The summed E-state index contributed by atoms with van der Waals surface area (Å²) < 4.78 is 0. The SMILES string of the molecule is C=C/C=C(\C(N)=C/C)N1CCCNC1. The van der Waals surface area contributed by atoms with E-state index in [0.29, 0.717) is 0 Å². The quantitative estimate of drug-likeness (QED) is 0.661. The molecule has 1 saturated heterocycles. The zero-order valence-corrected chi connectivity index (χ0v) is 8.79. The standard InChI is InChI=1S/C11H19N3/c1-3-6-11(10(12)4-2)14-8-5-7-13-9-14/h3-4,6,13H,1,5,7-9,12H2,2H3/b10-4+,11-6+. The Morgan fingerprint density at radius 2 is 2.36 bits per heavy atom. The van der Waals surface area contributed by atoms with Gasteiger partial charge in [0.1, 0.15) is 0 Å². The Balaban J connectivity index is 2.76. The van der Waals surface area contributed by atoms with E-state index in [-0.39, 0.29) is 0 Å². The van der Waals surface area contributed by atoms with Crippen LogP contribution >= 0.6 is 0 Å². The fourth-order valence-corrected chi connectivity index (χ4v) is 1.54. The zero-order valence-electron chi connectivity index (χ0n) is 8.79. The summed E-state index contributed by atoms with van der Waals surface area (Å²) in [5.74, 6) is 0. The Kier molecular flexibility index (Phi) is 4.26. The molecule has 0 amide bonds. The average Bonchev–Trinajstić information content (AvgIpc) is 2.26. The van der Waals surface area contributed by atoms with E-state index in [0.717, 1.165) is 37.6 Å². The molecule has 0 bridgehead atoms. The van der Waals surface area contributed by atoms with Crippen LogP contribution in [0.15, 0.2) is 36.2 Å². The first-order valence-electron chi connectivity index (χ1n) is 5.00. The van der Waals surface area contributed by atoms with Crippen LogP contribution < -0.4 is 11.1 Å². The molecule has 0 aromatic rings. The molecule has 1 rings (SSSR count). The van der Waals surface area contributed by atoms with Crippen LogP contribution in [0, 0.1) is 0 Å². The summed E-state index contributed by atoms with van der Waals surface area (Å²) in [5, 5.41) is 3.32. The molecule has 0 aromatic heterocycles. The van der Waals surface area contributed by atoms with Gasteiger partial charge in [0.25, 0.3) is 0 Å². The summed E-state index contributed by atoms with van der Waals surface area (Å²) in [6.07, 6.45) is 6.82. The molecule has 0 radical (unpaired) electrons. The summed E-state index contributed by atoms with van der Waals surface area (Å²) >= 11 is 0. The summed E-state index contributed by atoms with van der Waals surface area (Å²) in [5.41, 5.74) is 7.79. The van der Waals surface area contributed by atoms with Crippen molar-refractivity contribution in [1.29, 1.82) is 0 Å². The van der Waals surface area contributed by atoms with E-state index in [1.54, 1.807) is 6.08 Å². The molecule has 0 atom stereocenters. The highest BCUT2D eigenvalue weighted by Gasteiger charge is 2.13. The lowest BCUT2D eigenvalue weighted by Crippen LogP contribution is -2.41. The van der Waals surface area contributed by atoms with Gasteiger partial charge in [0, 0.05) is 6.54 Å². The van der Waals surface area contributed by atoms with Gasteiger partial charge in [-0.15, -0.1) is 0 Å². The molecule has 1 aliphatic rings. The van der Waals surface area contributed by atoms with Crippen molar-refractivity contribution in [2.75, 3.05) is 19.8 Å². The molecule has 3 N–H and O–H groups in total. The maximum atomic E-state index is 5.91. The molecule has 3 heteroatoms. The highest BCUT2D eigenvalue weighted by Crippen LogP contribution is 2.12. The number of allylic oxidation sites excluding steroid dienone is 3. The Morgan fingerprint density at radius 1 is 1.57 bits per heavy atom. The Labute approximate surface area is 86.0 Å². The molecule has 0 unspecified atom stereocenters. The van der Waals surface area contributed by atoms with Crippen LogP contribution in [0.4, 0.5) is 0 Å². The maximum Gasteiger partial charge on any atom is 0.0682 e. The second kappa shape index (κ2) is 5.50. The maximum absolute atomic E-state index is 5.91. The topological polar surface area (TPSA) is 41.3 Å². The number of hydrogen-bond donors (Lipinski definition) is 2. The van der Waals surface area contributed by atoms with Gasteiger partial charge in [-0.05, 0) is 26.0 Å². The molecule has 14 heavy (non-hydrogen) atoms. The lowest BCUT2D eigenvalue weighted by atomic mass is 10.2. The van der Waals surface area contributed by atoms with Crippen molar-refractivity contribution >= 4 is 0 Å². The molecular formula is C11H19N3. The van der Waals surface area contributed by atoms with Crippen LogP contribution in [0.25, 0.3) is 0 Å². The second-order valence-electron chi connectivity index (χ2n) is 3.31. The van der Waals surface area contributed by atoms with Crippen molar-refractivity contribution < 1.29 is 0 Å². The first-order chi connectivity index (χ1) is 6.79. The molecule has 0 spiro atoms. The van der Waals surface area contributed by atoms with Crippen LogP contribution in [0.1, 0.15) is 13.3 Å². The fraction of sp³-hybridized carbons (Fsp3) is 0.455. The molecule has 1 fully saturated rings. The molecule has 3 nitrogen and oxygen atoms in total. The molecule has 0 aromatic carbocycles. The minimum Gasteiger partial charge on any atom is -0.397 e. The molecule has 0 saturated carbocycles. The van der Waals surface area contributed by atoms with Crippen molar-refractivity contribution in [1.82, 2.24) is 10.2 Å². The second-order valence-corrected chi connectivity index (χ2v) is 3.31. The predicted octanol–water partition coefficient (Wildman–Crippen LogP) is 1.17. The number of hydrogen-bond acceptors (Lipinski definition) is 3. The predicted molar refractivity (Wildman–Crippen MR) is 60.4 cm³/mol. The number of nitrogens with two attached hydrogens (primary N) is 1. The van der Waals surface area contributed by atoms with Crippen LogP contribution in [-0.4, -0.2) is 24.7 Å². The molecule has 1 heterocycles. The van der Waals surface area contributed by atoms with Gasteiger partial charge in [-0.3, -0.25) is 5.32 Å². The minimum absolute atomic E-state index is 0.814. The summed E-state index contributed by atoms with van der Waals surface area (Å²) in [6.45, 7) is 8.67. The summed E-state index contributed by atoms with van der Waals surface area (Å²) in [7, 11) is 0. The van der Waals surface area contributed by atoms with Gasteiger partial charge in [0.05, 0.1) is 18.1 Å². The van der Waals surface area contributed by atoms with Crippen LogP contribution in [0.2, 0.25) is 0 Å². The third-order valence-electron chi connectivity index (χ3n) is 2.31. The fourth-order valence-electron chi connectivity index (χ4n) is 1.54. The molecular weight excluding hydrogens is 174 g/mol. The molecule has 1 aliphatic heterocycles. The lowest BCUT2D eigenvalue weighted by Gasteiger charge is -2.31. The number of rotatable bonds is 3. The van der Waals surface area contributed by atoms with Gasteiger partial charge in [-0.1, -0.05) is 18.7 Å². The van der Waals surface area contributed by atoms with E-state index < -0.39 is 0 Å². The smallest absolute Gasteiger partial charge is 0.0682 e. The van der Waals surface area contributed by atoms with Gasteiger partial charge in [0.2, 0.25) is 0 Å². The lowest BCUT2D eigenvalue weighted by molar-refractivity contribution is 0.273. The molecule has 0 aliphatic carbocycles. The van der Waals surface area contributed by atoms with Crippen molar-refractivity contribution in [3.8, 4) is 0 Å². The van der Waals surface area contributed by atoms with Crippen molar-refractivity contribution in [2.24, 2.45) is 5.73 Å². The monoisotopic (exact) mass is 193 g/mol. The van der Waals surface area contributed by atoms with E-state index >= 15 is 0 Å². The van der Waals surface area contributed by atoms with E-state index in [2.05, 4.69) is 16.8 Å². The highest BCUT2D eigenvalue weighted by molar-refractivity contribution is 5.29. The average molecular weight is 193 g/mol. The Bertz CT molecular complexity index is 247. The van der Waals surface area contributed by atoms with Crippen molar-refractivity contribution in [3.63, 3.8) is 0 Å². The highest BCUT2D eigenvalue weighted by atomic mass is 15.3. The normalized spacial score (nSPS) is 19.6. The van der Waals surface area contributed by atoms with Crippen LogP contribution in [0.3, 0.4) is 0 Å². The first-order valence-corrected chi connectivity index (χ1v) is 5.00. The van der Waals surface area contributed by atoms with E-state index in [1.165, 1.54) is 0 Å². The van der Waals surface area contributed by atoms with Gasteiger partial charge in [0.15, 0.2) is 0 Å². The van der Waals surface area contributed by atoms with Crippen molar-refractivity contribution in [2.45, 2.75) is 13.3 Å². The van der Waals surface area contributed by atoms with Gasteiger partial charge >= 0.3 is 0 Å². The molecule has 78 valence electrons. The van der Waals surface area contributed by atoms with E-state index in [1.807, 2.05) is 19.1 Å². The van der Waals surface area contributed by atoms with Crippen molar-refractivity contribution in [3.05, 3.63) is 36.2 Å². The first kappa shape index (κ1) is 10.9. The minimum atomic E-state index is 0.814. The van der Waals surface area contributed by atoms with Crippen LogP contribution in [-0.2, 0) is 0 Å². The third-order valence-corrected chi connectivity index (χ3v) is 2.31. The van der Waals surface area contributed by atoms with Gasteiger partial charge < -0.3 is 10.6 Å². The summed E-state index contributed by atoms with van der Waals surface area (Å²) in [4.78, 5) is 2.24. The van der Waals surface area contributed by atoms with E-state index in [4.69, 9.17) is 5.73 Å². The number of nitrogens with one attached hydrogen (secondary N) is 1. The number of nitrogens with zero attached hydrogens (tertiary/aromatic N) is 1. The van der Waals surface area contributed by atoms with Crippen LogP contribution in [0.5, 0.6) is 0 Å². The zero-order chi connectivity index (χ0) is 10.4. The van der Waals surface area contributed by atoms with E-state index in [9.17, 15) is 0 Å². The largest absolute Gasteiger partial charge is 0.397 e. The summed E-state index contributed by atoms with van der Waals surface area (Å²) in [6, 6.07) is 0.